The molecule has 0 aliphatic rings. The highest BCUT2D eigenvalue weighted by Gasteiger charge is 2.14. The molecule has 0 bridgehead atoms. The third-order valence-electron chi connectivity index (χ3n) is 2.91. The van der Waals surface area contributed by atoms with Crippen molar-refractivity contribution in [3.05, 3.63) is 53.7 Å². The molecule has 20 heavy (non-hydrogen) atoms. The number of rotatable bonds is 5. The topological polar surface area (TPSA) is 54.3 Å². The highest BCUT2D eigenvalue weighted by Crippen LogP contribution is 2.16. The Kier molecular flexibility index (Phi) is 4.40. The van der Waals surface area contributed by atoms with E-state index in [-0.39, 0.29) is 11.7 Å². The van der Waals surface area contributed by atoms with Crippen LogP contribution in [0, 0.1) is 12.7 Å². The molecule has 0 saturated carbocycles. The molecule has 1 aromatic heterocycles. The zero-order valence-electron chi connectivity index (χ0n) is 11.4. The molecular formula is C15H17FN2O2. The fourth-order valence-electron chi connectivity index (χ4n) is 1.78. The van der Waals surface area contributed by atoms with Gasteiger partial charge in [-0.05, 0) is 43.7 Å². The first-order valence-electron chi connectivity index (χ1n) is 6.39. The van der Waals surface area contributed by atoms with E-state index < -0.39 is 6.04 Å². The van der Waals surface area contributed by atoms with Gasteiger partial charge in [0.25, 0.3) is 0 Å². The molecule has 1 atom stereocenters. The van der Waals surface area contributed by atoms with Crippen molar-refractivity contribution >= 4 is 11.6 Å². The van der Waals surface area contributed by atoms with E-state index in [0.29, 0.717) is 18.0 Å². The largest absolute Gasteiger partial charge is 0.467 e. The Morgan fingerprint density at radius 3 is 2.85 bits per heavy atom. The highest BCUT2D eigenvalue weighted by atomic mass is 19.1. The molecule has 2 N–H and O–H groups in total. The lowest BCUT2D eigenvalue weighted by atomic mass is 10.2. The number of hydrogen-bond donors (Lipinski definition) is 2. The standard InChI is InChI=1S/C15H17FN2O2/c1-10-5-6-14(13(16)8-10)18-11(2)15(19)17-9-12-4-3-7-20-12/h3-8,11,18H,9H2,1-2H3,(H,17,19). The number of anilines is 1. The van der Waals surface area contributed by atoms with Gasteiger partial charge in [-0.1, -0.05) is 6.07 Å². The first-order valence-corrected chi connectivity index (χ1v) is 6.39. The SMILES string of the molecule is Cc1ccc(NC(C)C(=O)NCc2ccco2)c(F)c1. The number of hydrogen-bond acceptors (Lipinski definition) is 3. The number of nitrogens with one attached hydrogen (secondary N) is 2. The fraction of sp³-hybridized carbons (Fsp3) is 0.267. The van der Waals surface area contributed by atoms with Crippen LogP contribution in [0.5, 0.6) is 0 Å². The summed E-state index contributed by atoms with van der Waals surface area (Å²) < 4.78 is 18.8. The van der Waals surface area contributed by atoms with Gasteiger partial charge < -0.3 is 15.1 Å². The van der Waals surface area contributed by atoms with Gasteiger partial charge in [-0.15, -0.1) is 0 Å². The lowest BCUT2D eigenvalue weighted by Crippen LogP contribution is -2.37. The normalized spacial score (nSPS) is 11.9. The molecule has 0 fully saturated rings. The van der Waals surface area contributed by atoms with Crippen LogP contribution in [0.4, 0.5) is 10.1 Å². The molecule has 1 amide bonds. The minimum absolute atomic E-state index is 0.221. The Bertz CT molecular complexity index is 582. The van der Waals surface area contributed by atoms with Crippen molar-refractivity contribution in [3.8, 4) is 0 Å². The predicted octanol–water partition coefficient (Wildman–Crippen LogP) is 2.84. The van der Waals surface area contributed by atoms with Crippen LogP contribution in [0.2, 0.25) is 0 Å². The molecule has 2 aromatic rings. The predicted molar refractivity (Wildman–Crippen MR) is 74.8 cm³/mol. The first kappa shape index (κ1) is 14.1. The van der Waals surface area contributed by atoms with Gasteiger partial charge in [0.05, 0.1) is 18.5 Å². The maximum absolute atomic E-state index is 13.7. The zero-order chi connectivity index (χ0) is 14.5. The van der Waals surface area contributed by atoms with E-state index in [0.717, 1.165) is 5.56 Å². The summed E-state index contributed by atoms with van der Waals surface area (Å²) in [4.78, 5) is 11.9. The Labute approximate surface area is 117 Å². The van der Waals surface area contributed by atoms with Gasteiger partial charge in [0.1, 0.15) is 17.6 Å². The molecule has 0 aliphatic heterocycles. The number of furan rings is 1. The molecule has 2 rings (SSSR count). The van der Waals surface area contributed by atoms with Crippen molar-refractivity contribution in [2.45, 2.75) is 26.4 Å². The number of carbonyl (C=O) groups excluding carboxylic acids is 1. The first-order chi connectivity index (χ1) is 9.56. The minimum atomic E-state index is -0.540. The van der Waals surface area contributed by atoms with Crippen LogP contribution in [0.25, 0.3) is 0 Å². The molecule has 5 heteroatoms. The molecule has 106 valence electrons. The summed E-state index contributed by atoms with van der Waals surface area (Å²) in [6.07, 6.45) is 1.55. The lowest BCUT2D eigenvalue weighted by molar-refractivity contribution is -0.121. The summed E-state index contributed by atoms with van der Waals surface area (Å²) in [6.45, 7) is 3.80. The Balaban J connectivity index is 1.90. The molecule has 0 saturated heterocycles. The van der Waals surface area contributed by atoms with Crippen LogP contribution in [-0.4, -0.2) is 11.9 Å². The second-order valence-corrected chi connectivity index (χ2v) is 4.65. The fourth-order valence-corrected chi connectivity index (χ4v) is 1.78. The van der Waals surface area contributed by atoms with Crippen molar-refractivity contribution in [2.75, 3.05) is 5.32 Å². The van der Waals surface area contributed by atoms with Crippen LogP contribution in [-0.2, 0) is 11.3 Å². The van der Waals surface area contributed by atoms with Crippen LogP contribution >= 0.6 is 0 Å². The minimum Gasteiger partial charge on any atom is -0.467 e. The second kappa shape index (κ2) is 6.23. The van der Waals surface area contributed by atoms with Gasteiger partial charge in [-0.25, -0.2) is 4.39 Å². The van der Waals surface area contributed by atoms with Crippen molar-refractivity contribution in [1.29, 1.82) is 0 Å². The number of amides is 1. The quantitative estimate of drug-likeness (QED) is 0.883. The molecule has 1 aromatic carbocycles. The van der Waals surface area contributed by atoms with Crippen LogP contribution in [0.1, 0.15) is 18.2 Å². The molecule has 0 spiro atoms. The van der Waals surface area contributed by atoms with Crippen LogP contribution < -0.4 is 10.6 Å². The molecule has 1 unspecified atom stereocenters. The van der Waals surface area contributed by atoms with Gasteiger partial charge in [0.15, 0.2) is 0 Å². The smallest absolute Gasteiger partial charge is 0.242 e. The highest BCUT2D eigenvalue weighted by molar-refractivity contribution is 5.84. The van der Waals surface area contributed by atoms with E-state index in [1.54, 1.807) is 37.5 Å². The maximum atomic E-state index is 13.7. The van der Waals surface area contributed by atoms with E-state index in [1.165, 1.54) is 6.07 Å². The van der Waals surface area contributed by atoms with E-state index in [2.05, 4.69) is 10.6 Å². The third-order valence-corrected chi connectivity index (χ3v) is 2.91. The Hall–Kier alpha value is -2.30. The second-order valence-electron chi connectivity index (χ2n) is 4.65. The number of benzene rings is 1. The zero-order valence-corrected chi connectivity index (χ0v) is 11.4. The van der Waals surface area contributed by atoms with E-state index in [9.17, 15) is 9.18 Å². The maximum Gasteiger partial charge on any atom is 0.242 e. The molecule has 0 radical (unpaired) electrons. The number of halogens is 1. The molecular weight excluding hydrogens is 259 g/mol. The van der Waals surface area contributed by atoms with E-state index in [1.807, 2.05) is 6.92 Å². The third kappa shape index (κ3) is 3.60. The van der Waals surface area contributed by atoms with Gasteiger partial charge in [-0.3, -0.25) is 4.79 Å². The number of carbonyl (C=O) groups is 1. The van der Waals surface area contributed by atoms with Crippen LogP contribution in [0.15, 0.2) is 41.0 Å². The summed E-state index contributed by atoms with van der Waals surface area (Å²) in [5.41, 5.74) is 1.15. The Morgan fingerprint density at radius 2 is 2.20 bits per heavy atom. The van der Waals surface area contributed by atoms with Crippen molar-refractivity contribution < 1.29 is 13.6 Å². The summed E-state index contributed by atoms with van der Waals surface area (Å²) in [5, 5.41) is 5.57. The monoisotopic (exact) mass is 276 g/mol. The average Bonchev–Trinajstić information content (AvgIpc) is 2.92. The summed E-state index contributed by atoms with van der Waals surface area (Å²) in [6, 6.07) is 7.83. The lowest BCUT2D eigenvalue weighted by Gasteiger charge is -2.15. The molecule has 0 aliphatic carbocycles. The number of aryl methyl sites for hydroxylation is 1. The van der Waals surface area contributed by atoms with Gasteiger partial charge >= 0.3 is 0 Å². The van der Waals surface area contributed by atoms with Gasteiger partial charge in [0, 0.05) is 0 Å². The summed E-state index contributed by atoms with van der Waals surface area (Å²) >= 11 is 0. The average molecular weight is 276 g/mol. The molecule has 4 nitrogen and oxygen atoms in total. The van der Waals surface area contributed by atoms with Crippen molar-refractivity contribution in [1.82, 2.24) is 5.32 Å². The Morgan fingerprint density at radius 1 is 1.40 bits per heavy atom. The van der Waals surface area contributed by atoms with Crippen molar-refractivity contribution in [2.24, 2.45) is 0 Å². The van der Waals surface area contributed by atoms with Crippen molar-refractivity contribution in [3.63, 3.8) is 0 Å². The van der Waals surface area contributed by atoms with E-state index in [4.69, 9.17) is 4.42 Å². The summed E-state index contributed by atoms with van der Waals surface area (Å²) in [7, 11) is 0. The summed E-state index contributed by atoms with van der Waals surface area (Å²) in [5.74, 6) is 0.0872. The van der Waals surface area contributed by atoms with Gasteiger partial charge in [-0.2, -0.15) is 0 Å². The van der Waals surface area contributed by atoms with E-state index >= 15 is 0 Å². The van der Waals surface area contributed by atoms with Gasteiger partial charge in [0.2, 0.25) is 5.91 Å². The molecule has 1 heterocycles. The van der Waals surface area contributed by atoms with Crippen LogP contribution in [0.3, 0.4) is 0 Å².